The molecular weight excluding hydrogens is 361 g/mol. The number of aromatic nitrogens is 4. The standard InChI is InChI=1S/C20H18FN5O2/c1-12-9-23-17(10-22-12)19-24-16-6-7-26(11-14(16)20(28)25-19)18(27)8-13-4-2-3-5-15(13)21/h2-5,9-10H,6-8,11H2,1H3,(H,24,25,28). The molecule has 1 N–H and O–H groups in total. The summed E-state index contributed by atoms with van der Waals surface area (Å²) in [4.78, 5) is 42.3. The summed E-state index contributed by atoms with van der Waals surface area (Å²) in [5.41, 5.74) is 2.41. The van der Waals surface area contributed by atoms with Crippen LogP contribution in [-0.4, -0.2) is 37.3 Å². The maximum Gasteiger partial charge on any atom is 0.256 e. The van der Waals surface area contributed by atoms with E-state index in [9.17, 15) is 14.0 Å². The van der Waals surface area contributed by atoms with Gasteiger partial charge in [0.1, 0.15) is 11.5 Å². The number of rotatable bonds is 3. The molecule has 0 spiro atoms. The van der Waals surface area contributed by atoms with Gasteiger partial charge in [-0.2, -0.15) is 0 Å². The van der Waals surface area contributed by atoms with Gasteiger partial charge in [-0.05, 0) is 18.6 Å². The minimum atomic E-state index is -0.406. The molecule has 1 aliphatic heterocycles. The smallest absolute Gasteiger partial charge is 0.256 e. The van der Waals surface area contributed by atoms with Crippen LogP contribution >= 0.6 is 0 Å². The zero-order valence-corrected chi connectivity index (χ0v) is 15.3. The van der Waals surface area contributed by atoms with E-state index in [2.05, 4.69) is 19.9 Å². The number of fused-ring (bicyclic) bond motifs is 1. The van der Waals surface area contributed by atoms with Gasteiger partial charge >= 0.3 is 0 Å². The van der Waals surface area contributed by atoms with Crippen molar-refractivity contribution < 1.29 is 9.18 Å². The molecule has 1 aliphatic rings. The number of carbonyl (C=O) groups excluding carboxylic acids is 1. The fourth-order valence-electron chi connectivity index (χ4n) is 3.19. The summed E-state index contributed by atoms with van der Waals surface area (Å²) in [5.74, 6) is -0.261. The molecule has 0 saturated heterocycles. The predicted octanol–water partition coefficient (Wildman–Crippen LogP) is 1.80. The molecule has 0 fully saturated rings. The molecule has 8 heteroatoms. The average molecular weight is 379 g/mol. The van der Waals surface area contributed by atoms with E-state index in [-0.39, 0.29) is 24.4 Å². The molecule has 28 heavy (non-hydrogen) atoms. The maximum atomic E-state index is 13.8. The van der Waals surface area contributed by atoms with Crippen molar-refractivity contribution in [3.8, 4) is 11.5 Å². The van der Waals surface area contributed by atoms with Crippen LogP contribution in [0.3, 0.4) is 0 Å². The zero-order valence-electron chi connectivity index (χ0n) is 15.3. The Kier molecular flexibility index (Phi) is 4.68. The molecule has 7 nitrogen and oxygen atoms in total. The van der Waals surface area contributed by atoms with E-state index in [0.29, 0.717) is 41.3 Å². The number of nitrogens with one attached hydrogen (secondary N) is 1. The van der Waals surface area contributed by atoms with E-state index in [1.165, 1.54) is 6.07 Å². The highest BCUT2D eigenvalue weighted by molar-refractivity contribution is 5.79. The lowest BCUT2D eigenvalue weighted by Crippen LogP contribution is -2.40. The summed E-state index contributed by atoms with van der Waals surface area (Å²) in [6.45, 7) is 2.41. The molecule has 0 atom stereocenters. The van der Waals surface area contributed by atoms with E-state index in [1.54, 1.807) is 35.5 Å². The van der Waals surface area contributed by atoms with Gasteiger partial charge in [0.15, 0.2) is 5.82 Å². The Morgan fingerprint density at radius 1 is 1.25 bits per heavy atom. The second kappa shape index (κ2) is 7.30. The van der Waals surface area contributed by atoms with Crippen LogP contribution in [-0.2, 0) is 24.2 Å². The monoisotopic (exact) mass is 379 g/mol. The van der Waals surface area contributed by atoms with Gasteiger partial charge in [0.25, 0.3) is 5.56 Å². The molecule has 4 rings (SSSR count). The van der Waals surface area contributed by atoms with Crippen LogP contribution in [0.1, 0.15) is 22.5 Å². The number of carbonyl (C=O) groups is 1. The topological polar surface area (TPSA) is 91.8 Å². The van der Waals surface area contributed by atoms with Crippen molar-refractivity contribution in [2.75, 3.05) is 6.54 Å². The van der Waals surface area contributed by atoms with Gasteiger partial charge in [-0.1, -0.05) is 18.2 Å². The van der Waals surface area contributed by atoms with Gasteiger partial charge in [-0.25, -0.2) is 14.4 Å². The number of amides is 1. The van der Waals surface area contributed by atoms with Gasteiger partial charge in [0.05, 0.1) is 36.1 Å². The summed E-state index contributed by atoms with van der Waals surface area (Å²) in [6, 6.07) is 6.20. The summed E-state index contributed by atoms with van der Waals surface area (Å²) in [7, 11) is 0. The van der Waals surface area contributed by atoms with Crippen molar-refractivity contribution in [1.82, 2.24) is 24.8 Å². The number of H-pyrrole nitrogens is 1. The van der Waals surface area contributed by atoms with Crippen molar-refractivity contribution in [1.29, 1.82) is 0 Å². The van der Waals surface area contributed by atoms with E-state index >= 15 is 0 Å². The molecule has 142 valence electrons. The molecular formula is C20H18FN5O2. The minimum Gasteiger partial charge on any atom is -0.337 e. The Morgan fingerprint density at radius 2 is 2.07 bits per heavy atom. The van der Waals surface area contributed by atoms with Crippen molar-refractivity contribution in [2.24, 2.45) is 0 Å². The molecule has 0 bridgehead atoms. The summed E-state index contributed by atoms with van der Waals surface area (Å²) in [5, 5.41) is 0. The number of halogens is 1. The first kappa shape index (κ1) is 18.0. The SMILES string of the molecule is Cc1cnc(-c2nc3c(c(=O)[nH]2)CN(C(=O)Cc2ccccc2F)CC3)cn1. The predicted molar refractivity (Wildman–Crippen MR) is 99.8 cm³/mol. The highest BCUT2D eigenvalue weighted by Gasteiger charge is 2.25. The third-order valence-corrected chi connectivity index (χ3v) is 4.74. The van der Waals surface area contributed by atoms with Crippen LogP contribution in [0.4, 0.5) is 4.39 Å². The van der Waals surface area contributed by atoms with E-state index < -0.39 is 5.82 Å². The van der Waals surface area contributed by atoms with E-state index in [0.717, 1.165) is 5.69 Å². The first-order valence-electron chi connectivity index (χ1n) is 8.93. The Balaban J connectivity index is 1.56. The number of aromatic amines is 1. The molecule has 0 radical (unpaired) electrons. The fraction of sp³-hybridized carbons (Fsp3) is 0.250. The number of aryl methyl sites for hydroxylation is 1. The Hall–Kier alpha value is -3.42. The third-order valence-electron chi connectivity index (χ3n) is 4.74. The molecule has 3 heterocycles. The van der Waals surface area contributed by atoms with Gasteiger partial charge in [0.2, 0.25) is 5.91 Å². The van der Waals surface area contributed by atoms with Gasteiger partial charge < -0.3 is 9.88 Å². The fourth-order valence-corrected chi connectivity index (χ4v) is 3.19. The first-order chi connectivity index (χ1) is 13.5. The van der Waals surface area contributed by atoms with Gasteiger partial charge in [0, 0.05) is 19.2 Å². The van der Waals surface area contributed by atoms with Crippen LogP contribution in [0.5, 0.6) is 0 Å². The number of benzene rings is 1. The second-order valence-corrected chi connectivity index (χ2v) is 6.72. The van der Waals surface area contributed by atoms with Crippen molar-refractivity contribution in [3.05, 3.63) is 75.3 Å². The lowest BCUT2D eigenvalue weighted by molar-refractivity contribution is -0.131. The van der Waals surface area contributed by atoms with Crippen molar-refractivity contribution in [2.45, 2.75) is 26.3 Å². The number of hydrogen-bond acceptors (Lipinski definition) is 5. The molecule has 2 aromatic heterocycles. The Morgan fingerprint density at radius 3 is 2.82 bits per heavy atom. The number of hydrogen-bond donors (Lipinski definition) is 1. The molecule has 0 aliphatic carbocycles. The molecule has 3 aromatic rings. The van der Waals surface area contributed by atoms with Crippen LogP contribution in [0.25, 0.3) is 11.5 Å². The zero-order chi connectivity index (χ0) is 19.7. The summed E-state index contributed by atoms with van der Waals surface area (Å²) >= 11 is 0. The molecule has 1 aromatic carbocycles. The van der Waals surface area contributed by atoms with Gasteiger partial charge in [-0.15, -0.1) is 0 Å². The van der Waals surface area contributed by atoms with Crippen LogP contribution in [0.15, 0.2) is 41.5 Å². The minimum absolute atomic E-state index is 0.0373. The summed E-state index contributed by atoms with van der Waals surface area (Å²) < 4.78 is 13.8. The van der Waals surface area contributed by atoms with Crippen LogP contribution in [0.2, 0.25) is 0 Å². The first-order valence-corrected chi connectivity index (χ1v) is 8.93. The van der Waals surface area contributed by atoms with Gasteiger partial charge in [-0.3, -0.25) is 14.6 Å². The maximum absolute atomic E-state index is 13.8. The average Bonchev–Trinajstić information content (AvgIpc) is 2.70. The van der Waals surface area contributed by atoms with Crippen LogP contribution in [0, 0.1) is 12.7 Å². The Labute approximate surface area is 160 Å². The highest BCUT2D eigenvalue weighted by Crippen LogP contribution is 2.18. The number of nitrogens with zero attached hydrogens (tertiary/aromatic N) is 4. The quantitative estimate of drug-likeness (QED) is 0.749. The lowest BCUT2D eigenvalue weighted by atomic mass is 10.0. The molecule has 1 amide bonds. The molecule has 0 unspecified atom stereocenters. The summed E-state index contributed by atoms with van der Waals surface area (Å²) in [6.07, 6.45) is 3.59. The van der Waals surface area contributed by atoms with Crippen molar-refractivity contribution in [3.63, 3.8) is 0 Å². The highest BCUT2D eigenvalue weighted by atomic mass is 19.1. The Bertz CT molecular complexity index is 1090. The van der Waals surface area contributed by atoms with Crippen molar-refractivity contribution >= 4 is 5.91 Å². The van der Waals surface area contributed by atoms with Crippen LogP contribution < -0.4 is 5.56 Å². The van der Waals surface area contributed by atoms with E-state index in [1.807, 2.05) is 6.92 Å². The third kappa shape index (κ3) is 3.53. The lowest BCUT2D eigenvalue weighted by Gasteiger charge is -2.28. The second-order valence-electron chi connectivity index (χ2n) is 6.72. The molecule has 0 saturated carbocycles. The van der Waals surface area contributed by atoms with E-state index in [4.69, 9.17) is 0 Å². The largest absolute Gasteiger partial charge is 0.337 e. The normalized spacial score (nSPS) is 13.3.